The van der Waals surface area contributed by atoms with E-state index in [4.69, 9.17) is 15.3 Å². The Hall–Kier alpha value is -7.26. The summed E-state index contributed by atoms with van der Waals surface area (Å²) in [5, 5.41) is 19.4. The molecule has 4 aliphatic rings. The van der Waals surface area contributed by atoms with Crippen LogP contribution in [0, 0.1) is 16.2 Å². The third kappa shape index (κ3) is 3.82. The lowest BCUT2D eigenvalue weighted by molar-refractivity contribution is -0.126. The van der Waals surface area contributed by atoms with Crippen molar-refractivity contribution in [1.29, 1.82) is 0 Å². The molecule has 3 spiro atoms. The van der Waals surface area contributed by atoms with Crippen LogP contribution in [0.5, 0.6) is 0 Å². The number of hydrazone groups is 3. The summed E-state index contributed by atoms with van der Waals surface area (Å²) in [6.45, 7) is 0. The standard InChI is InChI=1S/C45H30N6O3/c52-40-43(37(31-19-7-1-8-20-31)46-49(40)34-25-13-4-14-26-34)44(38(32-21-9-2-10-22-32)47-50(41(44)53)35-27-15-5-16-28-35)45(43)39(33-23-11-3-12-24-33)48-51(42(45)54)36-29-17-6-18-30-36/h1-30H. The van der Waals surface area contributed by atoms with Crippen molar-refractivity contribution in [3.8, 4) is 0 Å². The molecule has 1 fully saturated rings. The molecule has 9 nitrogen and oxygen atoms in total. The van der Waals surface area contributed by atoms with E-state index >= 15 is 14.4 Å². The Morgan fingerprint density at radius 1 is 0.296 bits per heavy atom. The minimum absolute atomic E-state index is 0.288. The number of para-hydroxylation sites is 3. The predicted octanol–water partition coefficient (Wildman–Crippen LogP) is 7.31. The summed E-state index contributed by atoms with van der Waals surface area (Å²) >= 11 is 0. The van der Waals surface area contributed by atoms with Gasteiger partial charge in [-0.15, -0.1) is 0 Å². The minimum Gasteiger partial charge on any atom is -0.271 e. The summed E-state index contributed by atoms with van der Waals surface area (Å²) < 4.78 is 0. The third-order valence-corrected chi connectivity index (χ3v) is 11.0. The van der Waals surface area contributed by atoms with Gasteiger partial charge in [-0.3, -0.25) is 14.4 Å². The largest absolute Gasteiger partial charge is 0.271 e. The maximum absolute atomic E-state index is 16.1. The van der Waals surface area contributed by atoms with Crippen LogP contribution in [0.1, 0.15) is 16.7 Å². The zero-order valence-electron chi connectivity index (χ0n) is 28.7. The Morgan fingerprint density at radius 2 is 0.500 bits per heavy atom. The van der Waals surface area contributed by atoms with Gasteiger partial charge < -0.3 is 0 Å². The van der Waals surface area contributed by atoms with Crippen LogP contribution in [0.4, 0.5) is 17.1 Å². The summed E-state index contributed by atoms with van der Waals surface area (Å²) in [7, 11) is 0. The number of hydrogen-bond acceptors (Lipinski definition) is 6. The van der Waals surface area contributed by atoms with Crippen LogP contribution >= 0.6 is 0 Å². The fourth-order valence-corrected chi connectivity index (χ4v) is 8.88. The first-order chi connectivity index (χ1) is 26.6. The van der Waals surface area contributed by atoms with Crippen molar-refractivity contribution in [1.82, 2.24) is 0 Å². The van der Waals surface area contributed by atoms with Crippen LogP contribution < -0.4 is 15.0 Å². The molecule has 54 heavy (non-hydrogen) atoms. The maximum Gasteiger partial charge on any atom is 0.262 e. The SMILES string of the molecule is O=C1N(c2ccccc2)N=C(c2ccccc2)C12C1(C(=O)N(c3ccccc3)N=C1c1ccccc1)C21C(=O)N(c2ccccc2)N=C1c1ccccc1. The lowest BCUT2D eigenvalue weighted by atomic mass is 9.80. The second-order valence-corrected chi connectivity index (χ2v) is 13.6. The van der Waals surface area contributed by atoms with Gasteiger partial charge in [0.05, 0.1) is 34.2 Å². The third-order valence-electron chi connectivity index (χ3n) is 11.0. The Balaban J connectivity index is 1.36. The van der Waals surface area contributed by atoms with Gasteiger partial charge in [0, 0.05) is 0 Å². The van der Waals surface area contributed by atoms with Crippen LogP contribution in [-0.4, -0.2) is 34.9 Å². The molecule has 3 aliphatic heterocycles. The van der Waals surface area contributed by atoms with Gasteiger partial charge in [-0.1, -0.05) is 146 Å². The van der Waals surface area contributed by atoms with Crippen molar-refractivity contribution in [2.75, 3.05) is 15.0 Å². The highest BCUT2D eigenvalue weighted by molar-refractivity contribution is 6.52. The molecular weight excluding hydrogens is 673 g/mol. The Labute approximate surface area is 310 Å². The van der Waals surface area contributed by atoms with Gasteiger partial charge >= 0.3 is 0 Å². The van der Waals surface area contributed by atoms with Gasteiger partial charge in [0.25, 0.3) is 17.7 Å². The lowest BCUT2D eigenvalue weighted by Gasteiger charge is -2.20. The van der Waals surface area contributed by atoms with Crippen molar-refractivity contribution >= 4 is 51.9 Å². The first-order valence-electron chi connectivity index (χ1n) is 17.7. The molecule has 3 amide bonds. The van der Waals surface area contributed by atoms with Gasteiger partial charge in [0.1, 0.15) is 16.2 Å². The zero-order chi connectivity index (χ0) is 36.5. The molecule has 0 saturated heterocycles. The van der Waals surface area contributed by atoms with Gasteiger partial charge in [-0.05, 0) is 53.1 Å². The number of rotatable bonds is 6. The van der Waals surface area contributed by atoms with Crippen LogP contribution in [0.3, 0.4) is 0 Å². The average Bonchev–Trinajstić information content (AvgIpc) is 3.42. The van der Waals surface area contributed by atoms with Crippen molar-refractivity contribution in [2.45, 2.75) is 0 Å². The van der Waals surface area contributed by atoms with Gasteiger partial charge in [0.2, 0.25) is 0 Å². The van der Waals surface area contributed by atoms with E-state index in [1.807, 2.05) is 146 Å². The van der Waals surface area contributed by atoms with Crippen molar-refractivity contribution < 1.29 is 14.4 Å². The molecule has 6 aromatic rings. The summed E-state index contributed by atoms with van der Waals surface area (Å²) in [6.07, 6.45) is 0. The second-order valence-electron chi connectivity index (χ2n) is 13.6. The molecule has 0 radical (unpaired) electrons. The number of amides is 3. The summed E-state index contributed by atoms with van der Waals surface area (Å²) in [5.41, 5.74) is -1.69. The number of anilines is 3. The Morgan fingerprint density at radius 3 is 0.722 bits per heavy atom. The van der Waals surface area contributed by atoms with E-state index in [1.54, 1.807) is 36.4 Å². The van der Waals surface area contributed by atoms with Gasteiger partial charge in [-0.25, -0.2) is 0 Å². The molecule has 0 atom stereocenters. The van der Waals surface area contributed by atoms with Crippen LogP contribution in [0.2, 0.25) is 0 Å². The molecule has 1 aliphatic carbocycles. The summed E-state index contributed by atoms with van der Waals surface area (Å²) in [6, 6.07) is 55.3. The molecule has 10 rings (SSSR count). The molecule has 0 N–H and O–H groups in total. The highest BCUT2D eigenvalue weighted by Gasteiger charge is 3.05. The Bertz CT molecular complexity index is 2270. The van der Waals surface area contributed by atoms with E-state index in [9.17, 15) is 0 Å². The molecule has 3 heterocycles. The molecule has 6 aromatic carbocycles. The van der Waals surface area contributed by atoms with Crippen molar-refractivity contribution in [3.05, 3.63) is 199 Å². The zero-order valence-corrected chi connectivity index (χ0v) is 28.7. The average molecular weight is 703 g/mol. The number of fused-ring (bicyclic) bond motifs is 3. The number of benzene rings is 6. The van der Waals surface area contributed by atoms with Crippen LogP contribution in [-0.2, 0) is 14.4 Å². The fraction of sp³-hybridized carbons (Fsp3) is 0.0667. The number of carbonyl (C=O) groups is 3. The quantitative estimate of drug-likeness (QED) is 0.182. The normalized spacial score (nSPS) is 24.1. The summed E-state index contributed by atoms with van der Waals surface area (Å²) in [4.78, 5) is 48.3. The summed E-state index contributed by atoms with van der Waals surface area (Å²) in [5.74, 6) is -1.57. The van der Waals surface area contributed by atoms with Crippen molar-refractivity contribution in [3.63, 3.8) is 0 Å². The lowest BCUT2D eigenvalue weighted by Crippen LogP contribution is -2.41. The smallest absolute Gasteiger partial charge is 0.262 e. The maximum atomic E-state index is 16.1. The highest BCUT2D eigenvalue weighted by Crippen LogP contribution is 2.86. The topological polar surface area (TPSA) is 98.0 Å². The predicted molar refractivity (Wildman–Crippen MR) is 208 cm³/mol. The van der Waals surface area contributed by atoms with E-state index in [-0.39, 0.29) is 17.1 Å². The first-order valence-corrected chi connectivity index (χ1v) is 17.7. The Kier molecular flexibility index (Phi) is 6.78. The molecular formula is C45H30N6O3. The number of nitrogens with zero attached hydrogens (tertiary/aromatic N) is 6. The molecule has 0 aromatic heterocycles. The van der Waals surface area contributed by atoms with E-state index < -0.39 is 34.0 Å². The van der Waals surface area contributed by atoms with E-state index in [0.29, 0.717) is 33.8 Å². The number of carbonyl (C=O) groups excluding carboxylic acids is 3. The monoisotopic (exact) mass is 702 g/mol. The van der Waals surface area contributed by atoms with E-state index in [2.05, 4.69) is 0 Å². The molecule has 0 bridgehead atoms. The fourth-order valence-electron chi connectivity index (χ4n) is 8.88. The van der Waals surface area contributed by atoms with Crippen molar-refractivity contribution in [2.24, 2.45) is 31.5 Å². The van der Waals surface area contributed by atoms with Gasteiger partial charge in [0.15, 0.2) is 0 Å². The minimum atomic E-state index is -1.94. The van der Waals surface area contributed by atoms with Crippen LogP contribution in [0.15, 0.2) is 197 Å². The first kappa shape index (κ1) is 31.5. The molecule has 0 unspecified atom stereocenters. The second kappa shape index (κ2) is 11.6. The van der Waals surface area contributed by atoms with Gasteiger partial charge in [-0.2, -0.15) is 30.3 Å². The van der Waals surface area contributed by atoms with E-state index in [1.165, 1.54) is 15.0 Å². The highest BCUT2D eigenvalue weighted by atomic mass is 16.2. The van der Waals surface area contributed by atoms with Crippen LogP contribution in [0.25, 0.3) is 0 Å². The van der Waals surface area contributed by atoms with E-state index in [0.717, 1.165) is 0 Å². The number of hydrogen-bond donors (Lipinski definition) is 0. The molecule has 9 heteroatoms. The molecule has 258 valence electrons. The molecule has 1 saturated carbocycles.